The maximum atomic E-state index is 5.79. The van der Waals surface area contributed by atoms with Crippen molar-refractivity contribution in [1.82, 2.24) is 4.42 Å². The molecule has 0 spiro atoms. The molecular formula is C6H10ClNO. The summed E-state index contributed by atoms with van der Waals surface area (Å²) in [6.07, 6.45) is 0. The third-order valence-corrected chi connectivity index (χ3v) is 2.47. The highest BCUT2D eigenvalue weighted by molar-refractivity contribution is 6.13. The molecule has 0 radical (unpaired) electrons. The molecule has 0 amide bonds. The zero-order valence-corrected chi connectivity index (χ0v) is 5.97. The zero-order chi connectivity index (χ0) is 6.27. The summed E-state index contributed by atoms with van der Waals surface area (Å²) in [5.74, 6) is 1.45. The van der Waals surface area contributed by atoms with Crippen molar-refractivity contribution < 1.29 is 4.74 Å². The summed E-state index contributed by atoms with van der Waals surface area (Å²) in [5, 5.41) is 0. The van der Waals surface area contributed by atoms with Crippen LogP contribution < -0.4 is 0 Å². The molecule has 0 aliphatic carbocycles. The predicted molar refractivity (Wildman–Crippen MR) is 35.2 cm³/mol. The van der Waals surface area contributed by atoms with Gasteiger partial charge >= 0.3 is 0 Å². The Bertz CT molecular complexity index is 108. The van der Waals surface area contributed by atoms with Gasteiger partial charge in [0.05, 0.1) is 13.2 Å². The number of rotatable bonds is 0. The van der Waals surface area contributed by atoms with Crippen molar-refractivity contribution >= 4 is 11.8 Å². The Morgan fingerprint density at radius 3 is 2.33 bits per heavy atom. The molecule has 9 heavy (non-hydrogen) atoms. The number of halogens is 1. The molecule has 52 valence electrons. The van der Waals surface area contributed by atoms with Crippen LogP contribution in [0.4, 0.5) is 0 Å². The smallest absolute Gasteiger partial charge is 0.0511 e. The standard InChI is InChI=1S/C6H10ClNO/c7-8-1-5-3-9-4-6(5)2-8/h5-6H,1-4H2/t5-,6+. The van der Waals surface area contributed by atoms with E-state index in [1.807, 2.05) is 4.42 Å². The Morgan fingerprint density at radius 2 is 1.78 bits per heavy atom. The van der Waals surface area contributed by atoms with Crippen LogP contribution in [-0.2, 0) is 4.74 Å². The summed E-state index contributed by atoms with van der Waals surface area (Å²) in [4.78, 5) is 0. The molecule has 2 aliphatic rings. The molecule has 2 fully saturated rings. The monoisotopic (exact) mass is 147 g/mol. The van der Waals surface area contributed by atoms with Gasteiger partial charge in [-0.1, -0.05) is 0 Å². The van der Waals surface area contributed by atoms with Crippen molar-refractivity contribution in [2.24, 2.45) is 11.8 Å². The molecule has 0 unspecified atom stereocenters. The third-order valence-electron chi connectivity index (χ3n) is 2.20. The Hall–Kier alpha value is 0.210. The molecular weight excluding hydrogens is 138 g/mol. The summed E-state index contributed by atoms with van der Waals surface area (Å²) in [7, 11) is 0. The maximum absolute atomic E-state index is 5.79. The SMILES string of the molecule is ClN1C[C@H]2COC[C@H]2C1. The summed E-state index contributed by atoms with van der Waals surface area (Å²) >= 11 is 5.79. The Labute approximate surface area is 59.8 Å². The molecule has 2 aliphatic heterocycles. The van der Waals surface area contributed by atoms with Gasteiger partial charge in [-0.2, -0.15) is 0 Å². The quantitative estimate of drug-likeness (QED) is 0.468. The van der Waals surface area contributed by atoms with Gasteiger partial charge in [-0.3, -0.25) is 0 Å². The lowest BCUT2D eigenvalue weighted by molar-refractivity contribution is 0.168. The first-order chi connectivity index (χ1) is 4.36. The lowest BCUT2D eigenvalue weighted by atomic mass is 10.0. The van der Waals surface area contributed by atoms with Gasteiger partial charge in [0, 0.05) is 24.9 Å². The topological polar surface area (TPSA) is 12.5 Å². The molecule has 0 bridgehead atoms. The summed E-state index contributed by atoms with van der Waals surface area (Å²) in [6, 6.07) is 0. The van der Waals surface area contributed by atoms with Gasteiger partial charge in [0.15, 0.2) is 0 Å². The molecule has 0 aromatic carbocycles. The first kappa shape index (κ1) is 5.96. The van der Waals surface area contributed by atoms with Gasteiger partial charge in [-0.25, -0.2) is 4.42 Å². The van der Waals surface area contributed by atoms with E-state index in [1.54, 1.807) is 0 Å². The lowest BCUT2D eigenvalue weighted by Crippen LogP contribution is -2.10. The van der Waals surface area contributed by atoms with E-state index >= 15 is 0 Å². The zero-order valence-electron chi connectivity index (χ0n) is 5.22. The van der Waals surface area contributed by atoms with Gasteiger partial charge < -0.3 is 4.74 Å². The number of fused-ring (bicyclic) bond motifs is 1. The summed E-state index contributed by atoms with van der Waals surface area (Å²) < 4.78 is 7.15. The van der Waals surface area contributed by atoms with Crippen molar-refractivity contribution in [3.63, 3.8) is 0 Å². The van der Waals surface area contributed by atoms with Crippen LogP contribution in [0.15, 0.2) is 0 Å². The Balaban J connectivity index is 2.02. The fraction of sp³-hybridized carbons (Fsp3) is 1.00. The first-order valence-corrected chi connectivity index (χ1v) is 3.68. The molecule has 3 heteroatoms. The fourth-order valence-electron chi connectivity index (χ4n) is 1.63. The minimum atomic E-state index is 0.725. The van der Waals surface area contributed by atoms with E-state index in [2.05, 4.69) is 0 Å². The number of hydrogen-bond acceptors (Lipinski definition) is 2. The van der Waals surface area contributed by atoms with Crippen LogP contribution in [-0.4, -0.2) is 30.7 Å². The van der Waals surface area contributed by atoms with Gasteiger partial charge in [-0.15, -0.1) is 0 Å². The van der Waals surface area contributed by atoms with E-state index < -0.39 is 0 Å². The molecule has 0 N–H and O–H groups in total. The van der Waals surface area contributed by atoms with Crippen LogP contribution in [0.25, 0.3) is 0 Å². The second kappa shape index (κ2) is 2.11. The average Bonchev–Trinajstić information content (AvgIpc) is 2.22. The van der Waals surface area contributed by atoms with Crippen LogP contribution >= 0.6 is 11.8 Å². The molecule has 2 nitrogen and oxygen atoms in total. The number of hydrogen-bond donors (Lipinski definition) is 0. The Kier molecular flexibility index (Phi) is 1.40. The van der Waals surface area contributed by atoms with E-state index in [-0.39, 0.29) is 0 Å². The highest BCUT2D eigenvalue weighted by atomic mass is 35.5. The van der Waals surface area contributed by atoms with Crippen LogP contribution in [0.5, 0.6) is 0 Å². The van der Waals surface area contributed by atoms with E-state index in [1.165, 1.54) is 0 Å². The van der Waals surface area contributed by atoms with Crippen molar-refractivity contribution in [2.45, 2.75) is 0 Å². The van der Waals surface area contributed by atoms with E-state index in [9.17, 15) is 0 Å². The maximum Gasteiger partial charge on any atom is 0.0511 e. The minimum absolute atomic E-state index is 0.725. The van der Waals surface area contributed by atoms with Crippen LogP contribution in [0, 0.1) is 11.8 Å². The number of ether oxygens (including phenoxy) is 1. The van der Waals surface area contributed by atoms with Crippen LogP contribution in [0.1, 0.15) is 0 Å². The fourth-order valence-corrected chi connectivity index (χ4v) is 1.98. The highest BCUT2D eigenvalue weighted by Gasteiger charge is 2.36. The predicted octanol–water partition coefficient (Wildman–Crippen LogP) is 0.718. The minimum Gasteiger partial charge on any atom is -0.381 e. The van der Waals surface area contributed by atoms with Gasteiger partial charge in [0.25, 0.3) is 0 Å². The summed E-state index contributed by atoms with van der Waals surface area (Å²) in [6.45, 7) is 3.89. The third kappa shape index (κ3) is 0.955. The second-order valence-electron chi connectivity index (χ2n) is 2.89. The van der Waals surface area contributed by atoms with Crippen molar-refractivity contribution in [3.8, 4) is 0 Å². The normalized spacial score (nSPS) is 43.7. The highest BCUT2D eigenvalue weighted by Crippen LogP contribution is 2.29. The van der Waals surface area contributed by atoms with Crippen molar-refractivity contribution in [3.05, 3.63) is 0 Å². The molecule has 0 aromatic heterocycles. The average molecular weight is 148 g/mol. The Morgan fingerprint density at radius 1 is 1.22 bits per heavy atom. The van der Waals surface area contributed by atoms with Gasteiger partial charge in [0.1, 0.15) is 0 Å². The number of nitrogens with zero attached hydrogens (tertiary/aromatic N) is 1. The van der Waals surface area contributed by atoms with Crippen molar-refractivity contribution in [1.29, 1.82) is 0 Å². The first-order valence-electron chi connectivity index (χ1n) is 3.35. The lowest BCUT2D eigenvalue weighted by Gasteiger charge is -2.03. The second-order valence-corrected chi connectivity index (χ2v) is 3.36. The summed E-state index contributed by atoms with van der Waals surface area (Å²) in [5.41, 5.74) is 0. The van der Waals surface area contributed by atoms with Crippen molar-refractivity contribution in [2.75, 3.05) is 26.3 Å². The molecule has 2 saturated heterocycles. The largest absolute Gasteiger partial charge is 0.381 e. The van der Waals surface area contributed by atoms with Gasteiger partial charge in [0.2, 0.25) is 0 Å². The van der Waals surface area contributed by atoms with Crippen LogP contribution in [0.2, 0.25) is 0 Å². The van der Waals surface area contributed by atoms with Gasteiger partial charge in [-0.05, 0) is 11.8 Å². The molecule has 2 rings (SSSR count). The molecule has 0 aromatic rings. The molecule has 0 saturated carbocycles. The van der Waals surface area contributed by atoms with E-state index in [4.69, 9.17) is 16.5 Å². The van der Waals surface area contributed by atoms with Crippen LogP contribution in [0.3, 0.4) is 0 Å². The molecule has 2 atom stereocenters. The molecule has 2 heterocycles. The van der Waals surface area contributed by atoms with E-state index in [0.717, 1.165) is 38.1 Å². The van der Waals surface area contributed by atoms with E-state index in [0.29, 0.717) is 0 Å².